The highest BCUT2D eigenvalue weighted by atomic mass is 16.5. The Morgan fingerprint density at radius 2 is 2.35 bits per heavy atom. The second-order valence-electron chi connectivity index (χ2n) is 3.22. The van der Waals surface area contributed by atoms with Gasteiger partial charge in [-0.25, -0.2) is 9.78 Å². The van der Waals surface area contributed by atoms with Crippen LogP contribution < -0.4 is 4.74 Å². The van der Waals surface area contributed by atoms with E-state index in [1.165, 1.54) is 0 Å². The van der Waals surface area contributed by atoms with Gasteiger partial charge in [0.25, 0.3) is 0 Å². The summed E-state index contributed by atoms with van der Waals surface area (Å²) < 4.78 is 6.66. The number of imidazole rings is 1. The fourth-order valence-corrected chi connectivity index (χ4v) is 1.20. The first-order valence-corrected chi connectivity index (χ1v) is 4.90. The summed E-state index contributed by atoms with van der Waals surface area (Å²) in [5.74, 6) is -0.397. The summed E-state index contributed by atoms with van der Waals surface area (Å²) in [6.07, 6.45) is 6.27. The van der Waals surface area contributed by atoms with Gasteiger partial charge >= 0.3 is 5.97 Å². The maximum atomic E-state index is 10.9. The maximum absolute atomic E-state index is 10.9. The van der Waals surface area contributed by atoms with Crippen molar-refractivity contribution in [3.63, 3.8) is 0 Å². The molecule has 0 amide bonds. The molecular weight excluding hydrogens is 220 g/mol. The molecule has 2 heterocycles. The molecule has 0 spiro atoms. The average Bonchev–Trinajstić information content (AvgIpc) is 2.84. The lowest BCUT2D eigenvalue weighted by Gasteiger charge is -2.02. The van der Waals surface area contributed by atoms with Crippen LogP contribution in [0, 0.1) is 0 Å². The zero-order valence-electron chi connectivity index (χ0n) is 8.98. The number of esters is 1. The molecule has 0 saturated heterocycles. The normalized spacial score (nSPS) is 9.88. The first kappa shape index (κ1) is 11.0. The molecule has 0 radical (unpaired) electrons. The molecule has 0 bridgehead atoms. The molecule has 2 aromatic rings. The Hall–Kier alpha value is -2.50. The minimum atomic E-state index is -0.554. The number of hydrogen-bond acceptors (Lipinski definition) is 5. The number of nitrogens with zero attached hydrogens (tertiary/aromatic N) is 4. The van der Waals surface area contributed by atoms with Crippen molar-refractivity contribution in [1.29, 1.82) is 0 Å². The topological polar surface area (TPSA) is 69.9 Å². The van der Waals surface area contributed by atoms with E-state index in [4.69, 9.17) is 4.74 Å². The largest absolute Gasteiger partial charge is 0.403 e. The molecule has 0 aliphatic carbocycles. The molecule has 0 saturated carbocycles. The molecule has 0 aromatic carbocycles. The van der Waals surface area contributed by atoms with Crippen LogP contribution >= 0.6 is 0 Å². The Kier molecular flexibility index (Phi) is 3.25. The molecule has 17 heavy (non-hydrogen) atoms. The lowest BCUT2D eigenvalue weighted by molar-refractivity contribution is -0.129. The van der Waals surface area contributed by atoms with Crippen LogP contribution in [0.25, 0.3) is 0 Å². The Balaban J connectivity index is 2.02. The van der Waals surface area contributed by atoms with Crippen molar-refractivity contribution in [2.45, 2.75) is 6.54 Å². The third kappa shape index (κ3) is 2.97. The summed E-state index contributed by atoms with van der Waals surface area (Å²) in [7, 11) is 0. The van der Waals surface area contributed by atoms with E-state index in [2.05, 4.69) is 21.8 Å². The fourth-order valence-electron chi connectivity index (χ4n) is 1.20. The number of hydrogen-bond donors (Lipinski definition) is 0. The molecule has 0 N–H and O–H groups in total. The average molecular weight is 230 g/mol. The summed E-state index contributed by atoms with van der Waals surface area (Å²) in [4.78, 5) is 14.8. The third-order valence-corrected chi connectivity index (χ3v) is 1.97. The minimum absolute atomic E-state index is 0.157. The maximum Gasteiger partial charge on any atom is 0.336 e. The van der Waals surface area contributed by atoms with Gasteiger partial charge < -0.3 is 9.30 Å². The number of aromatic nitrogens is 4. The van der Waals surface area contributed by atoms with Crippen molar-refractivity contribution < 1.29 is 9.53 Å². The predicted octanol–water partition coefficient (Wildman–Crippen LogP) is 0.813. The molecule has 0 aliphatic heterocycles. The molecule has 86 valence electrons. The predicted molar refractivity (Wildman–Crippen MR) is 59.2 cm³/mol. The Bertz CT molecular complexity index is 505. The Labute approximate surface area is 97.6 Å². The van der Waals surface area contributed by atoms with E-state index in [0.717, 1.165) is 11.8 Å². The van der Waals surface area contributed by atoms with Crippen LogP contribution in [-0.2, 0) is 11.3 Å². The van der Waals surface area contributed by atoms with Crippen molar-refractivity contribution in [1.82, 2.24) is 19.7 Å². The van der Waals surface area contributed by atoms with Gasteiger partial charge in [0, 0.05) is 24.5 Å². The van der Waals surface area contributed by atoms with Crippen LogP contribution in [0.5, 0.6) is 5.88 Å². The Morgan fingerprint density at radius 3 is 2.94 bits per heavy atom. The van der Waals surface area contributed by atoms with Crippen LogP contribution in [0.2, 0.25) is 0 Å². The summed E-state index contributed by atoms with van der Waals surface area (Å²) in [6, 6.07) is 3.32. The van der Waals surface area contributed by atoms with Gasteiger partial charge in [-0.1, -0.05) is 6.58 Å². The summed E-state index contributed by atoms with van der Waals surface area (Å²) in [5.41, 5.74) is 0.751. The zero-order chi connectivity index (χ0) is 12.1. The van der Waals surface area contributed by atoms with Crippen LogP contribution in [0.1, 0.15) is 5.69 Å². The van der Waals surface area contributed by atoms with Gasteiger partial charge in [0.1, 0.15) is 0 Å². The molecule has 6 nitrogen and oxygen atoms in total. The van der Waals surface area contributed by atoms with Gasteiger partial charge in [-0.2, -0.15) is 0 Å². The standard InChI is InChI=1S/C11H10N4O2/c1-2-11(16)17-10-4-3-9(13-14-10)7-15-6-5-12-8-15/h2-6,8H,1,7H2. The second-order valence-corrected chi connectivity index (χ2v) is 3.22. The highest BCUT2D eigenvalue weighted by Crippen LogP contribution is 2.06. The van der Waals surface area contributed by atoms with Gasteiger partial charge in [0.2, 0.25) is 5.88 Å². The molecule has 0 fully saturated rings. The smallest absolute Gasteiger partial charge is 0.336 e. The molecule has 2 rings (SSSR count). The first-order chi connectivity index (χ1) is 8.28. The number of carbonyl (C=O) groups is 1. The number of ether oxygens (including phenoxy) is 1. The SMILES string of the molecule is C=CC(=O)Oc1ccc(Cn2ccnc2)nn1. The molecular formula is C11H10N4O2. The molecule has 0 aliphatic rings. The van der Waals surface area contributed by atoms with Crippen molar-refractivity contribution in [3.8, 4) is 5.88 Å². The summed E-state index contributed by atoms with van der Waals surface area (Å²) in [6.45, 7) is 3.86. The van der Waals surface area contributed by atoms with E-state index < -0.39 is 5.97 Å². The van der Waals surface area contributed by atoms with E-state index in [1.54, 1.807) is 24.7 Å². The monoisotopic (exact) mass is 230 g/mol. The first-order valence-electron chi connectivity index (χ1n) is 4.90. The quantitative estimate of drug-likeness (QED) is 0.574. The Morgan fingerprint density at radius 1 is 1.47 bits per heavy atom. The van der Waals surface area contributed by atoms with Gasteiger partial charge in [-0.15, -0.1) is 10.2 Å². The summed E-state index contributed by atoms with van der Waals surface area (Å²) >= 11 is 0. The highest BCUT2D eigenvalue weighted by molar-refractivity contribution is 5.82. The molecule has 6 heteroatoms. The van der Waals surface area contributed by atoms with Crippen LogP contribution in [-0.4, -0.2) is 25.7 Å². The third-order valence-electron chi connectivity index (χ3n) is 1.97. The molecule has 0 atom stereocenters. The van der Waals surface area contributed by atoms with Gasteiger partial charge in [-0.3, -0.25) is 0 Å². The van der Waals surface area contributed by atoms with E-state index >= 15 is 0 Å². The lowest BCUT2D eigenvalue weighted by atomic mass is 10.4. The van der Waals surface area contributed by atoms with Crippen molar-refractivity contribution in [2.24, 2.45) is 0 Å². The van der Waals surface area contributed by atoms with Gasteiger partial charge in [-0.05, 0) is 6.07 Å². The van der Waals surface area contributed by atoms with E-state index in [0.29, 0.717) is 6.54 Å². The minimum Gasteiger partial charge on any atom is -0.403 e. The summed E-state index contributed by atoms with van der Waals surface area (Å²) in [5, 5.41) is 7.70. The fraction of sp³-hybridized carbons (Fsp3) is 0.0909. The van der Waals surface area contributed by atoms with E-state index in [-0.39, 0.29) is 5.88 Å². The van der Waals surface area contributed by atoms with Crippen LogP contribution in [0.3, 0.4) is 0 Å². The van der Waals surface area contributed by atoms with Crippen molar-refractivity contribution >= 4 is 5.97 Å². The van der Waals surface area contributed by atoms with E-state index in [9.17, 15) is 4.79 Å². The van der Waals surface area contributed by atoms with Crippen molar-refractivity contribution in [2.75, 3.05) is 0 Å². The second kappa shape index (κ2) is 5.02. The molecule has 0 unspecified atom stereocenters. The number of carbonyl (C=O) groups excluding carboxylic acids is 1. The highest BCUT2D eigenvalue weighted by Gasteiger charge is 2.02. The lowest BCUT2D eigenvalue weighted by Crippen LogP contribution is -2.07. The van der Waals surface area contributed by atoms with Crippen molar-refractivity contribution in [3.05, 3.63) is 49.2 Å². The van der Waals surface area contributed by atoms with Gasteiger partial charge in [0.15, 0.2) is 0 Å². The van der Waals surface area contributed by atoms with Crippen LogP contribution in [0.15, 0.2) is 43.5 Å². The number of rotatable bonds is 4. The molecule has 2 aromatic heterocycles. The van der Waals surface area contributed by atoms with Gasteiger partial charge in [0.05, 0.1) is 18.6 Å². The van der Waals surface area contributed by atoms with E-state index in [1.807, 2.05) is 10.8 Å². The van der Waals surface area contributed by atoms with Crippen LogP contribution in [0.4, 0.5) is 0 Å². The zero-order valence-corrected chi connectivity index (χ0v) is 8.98.